The predicted molar refractivity (Wildman–Crippen MR) is 150 cm³/mol. The molecule has 0 atom stereocenters. The zero-order valence-electron chi connectivity index (χ0n) is 21.6. The molecular formula is C26H23O12PS2. The van der Waals surface area contributed by atoms with Crippen molar-refractivity contribution in [1.82, 2.24) is 0 Å². The van der Waals surface area contributed by atoms with Crippen molar-refractivity contribution < 1.29 is 57.4 Å². The number of hydrogen-bond acceptors (Lipinski definition) is 11. The third-order valence-electron chi connectivity index (χ3n) is 5.71. The van der Waals surface area contributed by atoms with Crippen molar-refractivity contribution in [3.63, 3.8) is 0 Å². The van der Waals surface area contributed by atoms with E-state index in [1.807, 2.05) is 0 Å². The second kappa shape index (κ2) is 12.3. The number of methoxy groups -OCH3 is 2. The zero-order chi connectivity index (χ0) is 29.9. The molecule has 12 nitrogen and oxygen atoms in total. The van der Waals surface area contributed by atoms with Crippen LogP contribution < -0.4 is 18.5 Å². The predicted octanol–water partition coefficient (Wildman–Crippen LogP) is 5.79. The minimum Gasteiger partial charge on any atom is -0.493 e. The molecule has 0 saturated heterocycles. The maximum absolute atomic E-state index is 13.1. The first kappa shape index (κ1) is 30.0. The van der Waals surface area contributed by atoms with Gasteiger partial charge in [-0.1, -0.05) is 0 Å². The lowest BCUT2D eigenvalue weighted by atomic mass is 10.1. The molecule has 0 aliphatic rings. The van der Waals surface area contributed by atoms with Gasteiger partial charge in [0.05, 0.1) is 36.8 Å². The van der Waals surface area contributed by atoms with Gasteiger partial charge in [0.15, 0.2) is 34.6 Å². The number of benzene rings is 2. The van der Waals surface area contributed by atoms with Gasteiger partial charge in [0.1, 0.15) is 0 Å². The quantitative estimate of drug-likeness (QED) is 0.114. The fraction of sp³-hybridized carbons (Fsp3) is 0.231. The van der Waals surface area contributed by atoms with Crippen LogP contribution in [0.5, 0.6) is 23.0 Å². The van der Waals surface area contributed by atoms with Crippen LogP contribution in [-0.2, 0) is 14.2 Å². The van der Waals surface area contributed by atoms with Crippen LogP contribution >= 0.6 is 30.5 Å². The SMILES string of the molecule is COc1cc2cc(C(=O)CCC(=O)O)sc2cc1OP(=O)(O)Oc1cc2sc(C(=O)CCC(=O)O)cc2cc1OC. The van der Waals surface area contributed by atoms with E-state index in [-0.39, 0.29) is 60.2 Å². The van der Waals surface area contributed by atoms with Crippen molar-refractivity contribution in [3.05, 3.63) is 46.2 Å². The molecule has 0 aliphatic heterocycles. The number of aliphatic carboxylic acids is 2. The van der Waals surface area contributed by atoms with Crippen LogP contribution in [0.2, 0.25) is 0 Å². The summed E-state index contributed by atoms with van der Waals surface area (Å²) in [6.07, 6.45) is -0.953. The van der Waals surface area contributed by atoms with Crippen molar-refractivity contribution in [2.45, 2.75) is 25.7 Å². The average molecular weight is 623 g/mol. The van der Waals surface area contributed by atoms with E-state index in [4.69, 9.17) is 28.7 Å². The molecule has 0 saturated carbocycles. The Morgan fingerprint density at radius 1 is 0.659 bits per heavy atom. The number of Topliss-reactive ketones (excluding diaryl/α,β-unsaturated/α-hetero) is 2. The summed E-state index contributed by atoms with van der Waals surface area (Å²) in [6.45, 7) is 0. The Balaban J connectivity index is 1.59. The molecule has 4 aromatic rings. The first-order chi connectivity index (χ1) is 19.4. The minimum atomic E-state index is -4.86. The summed E-state index contributed by atoms with van der Waals surface area (Å²) >= 11 is 2.14. The lowest BCUT2D eigenvalue weighted by Crippen LogP contribution is -2.02. The molecule has 15 heteroatoms. The molecule has 2 aromatic heterocycles. The molecule has 0 spiro atoms. The van der Waals surface area contributed by atoms with E-state index >= 15 is 0 Å². The Kier molecular flexibility index (Phi) is 8.98. The molecule has 41 heavy (non-hydrogen) atoms. The topological polar surface area (TPSA) is 183 Å². The number of carbonyl (C=O) groups excluding carboxylic acids is 2. The van der Waals surface area contributed by atoms with Gasteiger partial charge in [-0.25, -0.2) is 4.57 Å². The molecule has 2 aromatic carbocycles. The maximum Gasteiger partial charge on any atom is 0.585 e. The molecule has 0 radical (unpaired) electrons. The lowest BCUT2D eigenvalue weighted by Gasteiger charge is -2.17. The monoisotopic (exact) mass is 622 g/mol. The summed E-state index contributed by atoms with van der Waals surface area (Å²) in [7, 11) is -2.21. The van der Waals surface area contributed by atoms with Gasteiger partial charge in [-0.05, 0) is 35.0 Å². The molecule has 0 aliphatic carbocycles. The van der Waals surface area contributed by atoms with Crippen molar-refractivity contribution in [3.8, 4) is 23.0 Å². The fourth-order valence-electron chi connectivity index (χ4n) is 3.79. The van der Waals surface area contributed by atoms with Crippen LogP contribution in [0.1, 0.15) is 45.0 Å². The van der Waals surface area contributed by atoms with E-state index < -0.39 is 19.8 Å². The van der Waals surface area contributed by atoms with Gasteiger partial charge < -0.3 is 28.7 Å². The average Bonchev–Trinajstić information content (AvgIpc) is 3.52. The number of fused-ring (bicyclic) bond motifs is 2. The van der Waals surface area contributed by atoms with Crippen LogP contribution in [0, 0.1) is 0 Å². The van der Waals surface area contributed by atoms with E-state index in [2.05, 4.69) is 0 Å². The highest BCUT2D eigenvalue weighted by Gasteiger charge is 2.30. The zero-order valence-corrected chi connectivity index (χ0v) is 24.1. The standard InChI is InChI=1S/C26H23O12PS2/c1-35-17-7-13-9-23(15(27)3-5-25(29)30)40-21(13)11-19(17)37-39(33,34)38-20-12-22-14(8-18(20)36-2)10-24(41-22)16(28)4-6-26(31)32/h7-12H,3-6H2,1-2H3,(H,29,30)(H,31,32)(H,33,34). The number of thiophene rings is 2. The van der Waals surface area contributed by atoms with E-state index in [9.17, 15) is 28.6 Å². The first-order valence-electron chi connectivity index (χ1n) is 11.8. The summed E-state index contributed by atoms with van der Waals surface area (Å²) in [6, 6.07) is 8.99. The Morgan fingerprint density at radius 2 is 1.05 bits per heavy atom. The van der Waals surface area contributed by atoms with Gasteiger partial charge >= 0.3 is 19.8 Å². The molecule has 0 unspecified atom stereocenters. The molecule has 4 rings (SSSR count). The van der Waals surface area contributed by atoms with Crippen LogP contribution in [0.4, 0.5) is 0 Å². The van der Waals surface area contributed by atoms with E-state index in [0.717, 1.165) is 22.7 Å². The Hall–Kier alpha value is -3.97. The van der Waals surface area contributed by atoms with Gasteiger partial charge in [-0.2, -0.15) is 0 Å². The van der Waals surface area contributed by atoms with Crippen LogP contribution in [-0.4, -0.2) is 52.8 Å². The number of ketones is 2. The number of hydrogen-bond donors (Lipinski definition) is 3. The second-order valence-electron chi connectivity index (χ2n) is 8.59. The molecule has 216 valence electrons. The smallest absolute Gasteiger partial charge is 0.493 e. The van der Waals surface area contributed by atoms with E-state index in [0.29, 0.717) is 29.9 Å². The third-order valence-corrected chi connectivity index (χ3v) is 8.85. The fourth-order valence-corrected chi connectivity index (χ4v) is 6.69. The van der Waals surface area contributed by atoms with Gasteiger partial charge in [-0.15, -0.1) is 22.7 Å². The van der Waals surface area contributed by atoms with Crippen LogP contribution in [0.25, 0.3) is 20.2 Å². The van der Waals surface area contributed by atoms with Gasteiger partial charge in [0.25, 0.3) is 0 Å². The Bertz CT molecular complexity index is 1600. The minimum absolute atomic E-state index is 0.0860. The number of phosphoric acid groups is 1. The van der Waals surface area contributed by atoms with Crippen LogP contribution in [0.15, 0.2) is 36.4 Å². The number of ether oxygens (including phenoxy) is 2. The van der Waals surface area contributed by atoms with Crippen molar-refractivity contribution in [1.29, 1.82) is 0 Å². The van der Waals surface area contributed by atoms with Crippen LogP contribution in [0.3, 0.4) is 0 Å². The molecule has 0 fully saturated rings. The second-order valence-corrected chi connectivity index (χ2v) is 12.1. The van der Waals surface area contributed by atoms with E-state index in [1.54, 1.807) is 12.1 Å². The largest absolute Gasteiger partial charge is 0.585 e. The maximum atomic E-state index is 13.1. The molecule has 0 bridgehead atoms. The molecular weight excluding hydrogens is 599 g/mol. The summed E-state index contributed by atoms with van der Waals surface area (Å²) in [5, 5.41) is 18.8. The number of carbonyl (C=O) groups is 4. The number of carboxylic acid groups (broad SMARTS) is 2. The summed E-state index contributed by atoms with van der Waals surface area (Å²) in [4.78, 5) is 57.6. The van der Waals surface area contributed by atoms with Gasteiger partial charge in [-0.3, -0.25) is 24.1 Å². The first-order valence-corrected chi connectivity index (χ1v) is 15.0. The molecule has 3 N–H and O–H groups in total. The highest BCUT2D eigenvalue weighted by atomic mass is 32.1. The number of carboxylic acids is 2. The summed E-state index contributed by atoms with van der Waals surface area (Å²) in [5.74, 6) is -2.99. The Morgan fingerprint density at radius 3 is 1.39 bits per heavy atom. The Labute approximate surface area is 240 Å². The van der Waals surface area contributed by atoms with Crippen molar-refractivity contribution >= 4 is 74.2 Å². The normalized spacial score (nSPS) is 11.4. The number of rotatable bonds is 14. The van der Waals surface area contributed by atoms with Gasteiger partial charge in [0, 0.05) is 34.4 Å². The van der Waals surface area contributed by atoms with Gasteiger partial charge in [0.2, 0.25) is 0 Å². The molecule has 0 amide bonds. The highest BCUT2D eigenvalue weighted by Crippen LogP contribution is 2.51. The van der Waals surface area contributed by atoms with Crippen molar-refractivity contribution in [2.75, 3.05) is 14.2 Å². The summed E-state index contributed by atoms with van der Waals surface area (Å²) in [5.41, 5.74) is 0. The van der Waals surface area contributed by atoms with E-state index in [1.165, 1.54) is 38.5 Å². The molecule has 2 heterocycles. The van der Waals surface area contributed by atoms with Crippen molar-refractivity contribution in [2.24, 2.45) is 0 Å². The summed E-state index contributed by atoms with van der Waals surface area (Å²) < 4.78 is 35.4. The lowest BCUT2D eigenvalue weighted by molar-refractivity contribution is -0.137. The highest BCUT2D eigenvalue weighted by molar-refractivity contribution is 7.48. The number of phosphoric ester groups is 1. The third kappa shape index (κ3) is 7.22.